The van der Waals surface area contributed by atoms with E-state index in [4.69, 9.17) is 4.74 Å². The summed E-state index contributed by atoms with van der Waals surface area (Å²) in [5, 5.41) is 0. The molecule has 35 heavy (non-hydrogen) atoms. The number of carbonyl (C=O) groups is 4. The molecule has 2 heterocycles. The van der Waals surface area contributed by atoms with Crippen LogP contribution >= 0.6 is 0 Å². The number of piperidine rings is 1. The molecular formula is C28H30N2O5. The maximum Gasteiger partial charge on any atom is 0.328 e. The summed E-state index contributed by atoms with van der Waals surface area (Å²) >= 11 is 0. The van der Waals surface area contributed by atoms with E-state index >= 15 is 0 Å². The topological polar surface area (TPSA) is 84.0 Å². The van der Waals surface area contributed by atoms with E-state index in [1.54, 1.807) is 4.90 Å². The van der Waals surface area contributed by atoms with Gasteiger partial charge in [-0.15, -0.1) is 0 Å². The van der Waals surface area contributed by atoms with Crippen LogP contribution in [0.3, 0.4) is 0 Å². The molecule has 0 N–H and O–H groups in total. The molecule has 2 aromatic rings. The molecule has 7 nitrogen and oxygen atoms in total. The number of benzene rings is 2. The Morgan fingerprint density at radius 3 is 2.29 bits per heavy atom. The number of amides is 3. The zero-order valence-corrected chi connectivity index (χ0v) is 19.9. The lowest BCUT2D eigenvalue weighted by Crippen LogP contribution is -2.51. The van der Waals surface area contributed by atoms with Gasteiger partial charge in [0.25, 0.3) is 0 Å². The van der Waals surface area contributed by atoms with E-state index in [1.165, 1.54) is 12.0 Å². The van der Waals surface area contributed by atoms with Crippen LogP contribution in [0.1, 0.15) is 50.5 Å². The summed E-state index contributed by atoms with van der Waals surface area (Å²) in [6.45, 7) is 0.441. The Balaban J connectivity index is 1.49. The second-order valence-electron chi connectivity index (χ2n) is 9.80. The van der Waals surface area contributed by atoms with Crippen molar-refractivity contribution in [1.82, 2.24) is 9.80 Å². The summed E-state index contributed by atoms with van der Waals surface area (Å²) < 4.78 is 4.94. The van der Waals surface area contributed by atoms with E-state index < -0.39 is 17.4 Å². The van der Waals surface area contributed by atoms with Crippen molar-refractivity contribution in [2.45, 2.75) is 62.4 Å². The highest BCUT2D eigenvalue weighted by Gasteiger charge is 2.57. The van der Waals surface area contributed by atoms with Crippen molar-refractivity contribution in [3.63, 3.8) is 0 Å². The van der Waals surface area contributed by atoms with Crippen molar-refractivity contribution >= 4 is 23.7 Å². The molecule has 182 valence electrons. The van der Waals surface area contributed by atoms with E-state index in [0.717, 1.165) is 36.8 Å². The van der Waals surface area contributed by atoms with Gasteiger partial charge in [-0.1, -0.05) is 54.6 Å². The summed E-state index contributed by atoms with van der Waals surface area (Å²) in [5.74, 6) is -1.24. The molecular weight excluding hydrogens is 444 g/mol. The molecule has 0 aromatic heterocycles. The van der Waals surface area contributed by atoms with Crippen molar-refractivity contribution in [2.24, 2.45) is 0 Å². The number of carbonyl (C=O) groups excluding carboxylic acids is 4. The van der Waals surface area contributed by atoms with Gasteiger partial charge in [0.2, 0.25) is 17.7 Å². The fourth-order valence-electron chi connectivity index (χ4n) is 5.51. The number of imide groups is 1. The fourth-order valence-corrected chi connectivity index (χ4v) is 5.51. The summed E-state index contributed by atoms with van der Waals surface area (Å²) in [6.07, 6.45) is 3.62. The van der Waals surface area contributed by atoms with Gasteiger partial charge in [0.15, 0.2) is 0 Å². The molecule has 2 saturated heterocycles. The smallest absolute Gasteiger partial charge is 0.328 e. The van der Waals surface area contributed by atoms with Crippen LogP contribution < -0.4 is 0 Å². The fraction of sp³-hybridized carbons (Fsp3) is 0.429. The van der Waals surface area contributed by atoms with Gasteiger partial charge in [0.1, 0.15) is 6.04 Å². The summed E-state index contributed by atoms with van der Waals surface area (Å²) in [7, 11) is 1.32. The number of ether oxygens (including phenoxy) is 1. The summed E-state index contributed by atoms with van der Waals surface area (Å²) in [4.78, 5) is 55.8. The maximum absolute atomic E-state index is 13.8. The standard InChI is InChI=1S/C28H30N2O5/c1-35-26(33)23-9-5-6-16-29(23)24(31)17-28(18-25(32)30(27(28)34)22-14-15-22)21-12-10-20(11-13-21)19-7-3-2-4-8-19/h2-4,7-8,10-13,22-23H,5-6,9,14-18H2,1H3/t23-,28+/m0/s1. The highest BCUT2D eigenvalue weighted by molar-refractivity contribution is 6.11. The number of hydrogen-bond acceptors (Lipinski definition) is 5. The van der Waals surface area contributed by atoms with Crippen LogP contribution in [0.15, 0.2) is 54.6 Å². The molecule has 0 unspecified atom stereocenters. The minimum atomic E-state index is -1.26. The summed E-state index contributed by atoms with van der Waals surface area (Å²) in [5.41, 5.74) is 1.45. The van der Waals surface area contributed by atoms with Crippen LogP contribution in [-0.2, 0) is 29.3 Å². The second kappa shape index (κ2) is 9.29. The van der Waals surface area contributed by atoms with Gasteiger partial charge in [0, 0.05) is 25.4 Å². The molecule has 3 amide bonds. The van der Waals surface area contributed by atoms with E-state index in [2.05, 4.69) is 0 Å². The van der Waals surface area contributed by atoms with E-state index in [0.29, 0.717) is 18.5 Å². The molecule has 1 saturated carbocycles. The first-order valence-corrected chi connectivity index (χ1v) is 12.3. The van der Waals surface area contributed by atoms with E-state index in [9.17, 15) is 19.2 Å². The van der Waals surface area contributed by atoms with Crippen LogP contribution in [-0.4, -0.2) is 59.2 Å². The minimum absolute atomic E-state index is 0.0323. The predicted molar refractivity (Wildman–Crippen MR) is 129 cm³/mol. The number of hydrogen-bond donors (Lipinski definition) is 0. The molecule has 0 spiro atoms. The molecule has 2 aromatic carbocycles. The number of esters is 1. The molecule has 3 fully saturated rings. The van der Waals surface area contributed by atoms with Crippen molar-refractivity contribution in [2.75, 3.05) is 13.7 Å². The Bertz CT molecular complexity index is 1140. The Morgan fingerprint density at radius 2 is 1.63 bits per heavy atom. The minimum Gasteiger partial charge on any atom is -0.467 e. The third kappa shape index (κ3) is 4.24. The van der Waals surface area contributed by atoms with Crippen molar-refractivity contribution < 1.29 is 23.9 Å². The molecule has 2 aliphatic heterocycles. The first kappa shape index (κ1) is 23.3. The molecule has 5 rings (SSSR count). The SMILES string of the molecule is COC(=O)[C@@H]1CCCCN1C(=O)C[C@]1(c2ccc(-c3ccccc3)cc2)CC(=O)N(C2CC2)C1=O. The average molecular weight is 475 g/mol. The Labute approximate surface area is 205 Å². The van der Waals surface area contributed by atoms with Gasteiger partial charge in [-0.2, -0.15) is 0 Å². The van der Waals surface area contributed by atoms with Gasteiger partial charge >= 0.3 is 5.97 Å². The number of nitrogens with zero attached hydrogens (tertiary/aromatic N) is 2. The van der Waals surface area contributed by atoms with Crippen LogP contribution in [0.25, 0.3) is 11.1 Å². The Hall–Kier alpha value is -3.48. The molecule has 1 aliphatic carbocycles. The summed E-state index contributed by atoms with van der Waals surface area (Å²) in [6, 6.07) is 16.8. The lowest BCUT2D eigenvalue weighted by Gasteiger charge is -2.36. The lowest BCUT2D eigenvalue weighted by atomic mass is 9.75. The lowest BCUT2D eigenvalue weighted by molar-refractivity contribution is -0.155. The van der Waals surface area contributed by atoms with Gasteiger partial charge < -0.3 is 9.64 Å². The third-order valence-electron chi connectivity index (χ3n) is 7.56. The Kier molecular flexibility index (Phi) is 6.17. The van der Waals surface area contributed by atoms with E-state index in [-0.39, 0.29) is 36.6 Å². The number of methoxy groups -OCH3 is 1. The quantitative estimate of drug-likeness (QED) is 0.473. The molecule has 2 atom stereocenters. The predicted octanol–water partition coefficient (Wildman–Crippen LogP) is 3.46. The van der Waals surface area contributed by atoms with Crippen molar-refractivity contribution in [3.05, 3.63) is 60.2 Å². The van der Waals surface area contributed by atoms with Gasteiger partial charge in [-0.05, 0) is 48.8 Å². The third-order valence-corrected chi connectivity index (χ3v) is 7.56. The first-order valence-electron chi connectivity index (χ1n) is 12.3. The van der Waals surface area contributed by atoms with Crippen LogP contribution in [0.4, 0.5) is 0 Å². The van der Waals surface area contributed by atoms with E-state index in [1.807, 2.05) is 54.6 Å². The van der Waals surface area contributed by atoms with Crippen LogP contribution in [0.5, 0.6) is 0 Å². The monoisotopic (exact) mass is 474 g/mol. The normalized spacial score (nSPS) is 24.5. The first-order chi connectivity index (χ1) is 16.9. The highest BCUT2D eigenvalue weighted by atomic mass is 16.5. The second-order valence-corrected chi connectivity index (χ2v) is 9.80. The number of likely N-dealkylation sites (tertiary alicyclic amines) is 2. The molecule has 0 radical (unpaired) electrons. The van der Waals surface area contributed by atoms with Crippen molar-refractivity contribution in [1.29, 1.82) is 0 Å². The zero-order valence-electron chi connectivity index (χ0n) is 19.9. The van der Waals surface area contributed by atoms with Crippen molar-refractivity contribution in [3.8, 4) is 11.1 Å². The van der Waals surface area contributed by atoms with Gasteiger partial charge in [0.05, 0.1) is 12.5 Å². The van der Waals surface area contributed by atoms with Crippen LogP contribution in [0.2, 0.25) is 0 Å². The van der Waals surface area contributed by atoms with Crippen LogP contribution in [0, 0.1) is 0 Å². The molecule has 7 heteroatoms. The van der Waals surface area contributed by atoms with Gasteiger partial charge in [-0.25, -0.2) is 4.79 Å². The maximum atomic E-state index is 13.8. The largest absolute Gasteiger partial charge is 0.467 e. The highest BCUT2D eigenvalue weighted by Crippen LogP contribution is 2.45. The number of rotatable bonds is 6. The molecule has 3 aliphatic rings. The Morgan fingerprint density at radius 1 is 0.943 bits per heavy atom. The average Bonchev–Trinajstić information content (AvgIpc) is 3.69. The van der Waals surface area contributed by atoms with Gasteiger partial charge in [-0.3, -0.25) is 19.3 Å². The zero-order chi connectivity index (χ0) is 24.6. The molecule has 0 bridgehead atoms.